The van der Waals surface area contributed by atoms with Crippen LogP contribution in [-0.4, -0.2) is 37.7 Å². The molecule has 0 aliphatic carbocycles. The van der Waals surface area contributed by atoms with Crippen molar-refractivity contribution in [2.45, 2.75) is 18.4 Å². The van der Waals surface area contributed by atoms with Crippen LogP contribution in [0, 0.1) is 0 Å². The first-order chi connectivity index (χ1) is 17.9. The van der Waals surface area contributed by atoms with Gasteiger partial charge in [-0.1, -0.05) is 58.4 Å². The number of nitrogens with one attached hydrogen (secondary N) is 3. The van der Waals surface area contributed by atoms with Crippen LogP contribution in [0.3, 0.4) is 0 Å². The van der Waals surface area contributed by atoms with Gasteiger partial charge >= 0.3 is 6.03 Å². The van der Waals surface area contributed by atoms with E-state index in [-0.39, 0.29) is 18.2 Å². The molecular formula is C28H29BrN4O4. The molecule has 0 bridgehead atoms. The molecule has 0 aliphatic rings. The van der Waals surface area contributed by atoms with Gasteiger partial charge in [-0.3, -0.25) is 4.79 Å². The Morgan fingerprint density at radius 3 is 2.43 bits per heavy atom. The Bertz CT molecular complexity index is 1390. The number of aromatic amines is 1. The van der Waals surface area contributed by atoms with Crippen molar-refractivity contribution in [1.82, 2.24) is 15.6 Å². The Kier molecular flexibility index (Phi) is 8.35. The van der Waals surface area contributed by atoms with Crippen molar-refractivity contribution in [3.8, 4) is 11.5 Å². The molecule has 4 aromatic rings. The molecule has 1 aromatic heterocycles. The van der Waals surface area contributed by atoms with Gasteiger partial charge < -0.3 is 30.8 Å². The van der Waals surface area contributed by atoms with Gasteiger partial charge in [0.25, 0.3) is 0 Å². The van der Waals surface area contributed by atoms with E-state index in [4.69, 9.17) is 15.2 Å². The number of methoxy groups -OCH3 is 2. The molecule has 2 atom stereocenters. The summed E-state index contributed by atoms with van der Waals surface area (Å²) in [6.45, 7) is 0.299. The number of aromatic nitrogens is 1. The average Bonchev–Trinajstić information content (AvgIpc) is 3.32. The van der Waals surface area contributed by atoms with Gasteiger partial charge in [0, 0.05) is 39.6 Å². The Balaban J connectivity index is 1.62. The maximum Gasteiger partial charge on any atom is 0.312 e. The first-order valence-corrected chi connectivity index (χ1v) is 12.6. The van der Waals surface area contributed by atoms with Crippen molar-refractivity contribution in [2.75, 3.05) is 20.8 Å². The van der Waals surface area contributed by atoms with Gasteiger partial charge in [-0.05, 0) is 35.4 Å². The van der Waals surface area contributed by atoms with Crippen molar-refractivity contribution in [2.24, 2.45) is 5.73 Å². The second-order valence-electron chi connectivity index (χ2n) is 8.55. The van der Waals surface area contributed by atoms with E-state index < -0.39 is 12.1 Å². The fourth-order valence-corrected chi connectivity index (χ4v) is 4.81. The minimum absolute atomic E-state index is 0.0282. The third-order valence-corrected chi connectivity index (χ3v) is 6.82. The highest BCUT2D eigenvalue weighted by molar-refractivity contribution is 9.10. The Morgan fingerprint density at radius 1 is 0.973 bits per heavy atom. The average molecular weight is 565 g/mol. The standard InChI is InChI=1S/C28H29BrN4O4/c1-36-25-9-5-7-20(27(25)37-2)22(21-15-31-23-8-4-3-6-19(21)23)16-32-26(34)14-24(33-28(30)35)17-10-12-18(29)13-11-17/h3-13,15,22,24,31H,14,16H2,1-2H3,(H,32,34)(H3,30,33,35)/t22-,24-/m0/s1. The number of ether oxygens (including phenoxy) is 2. The Labute approximate surface area is 223 Å². The lowest BCUT2D eigenvalue weighted by atomic mass is 9.89. The van der Waals surface area contributed by atoms with Crippen molar-refractivity contribution in [3.05, 3.63) is 94.1 Å². The number of benzene rings is 3. The zero-order valence-corrected chi connectivity index (χ0v) is 22.2. The lowest BCUT2D eigenvalue weighted by Crippen LogP contribution is -2.37. The lowest BCUT2D eigenvalue weighted by molar-refractivity contribution is -0.121. The molecular weight excluding hydrogens is 536 g/mol. The number of hydrogen-bond acceptors (Lipinski definition) is 4. The molecule has 3 amide bonds. The second kappa shape index (κ2) is 11.8. The van der Waals surface area contributed by atoms with Crippen LogP contribution in [0.5, 0.6) is 11.5 Å². The molecule has 37 heavy (non-hydrogen) atoms. The molecule has 192 valence electrons. The molecule has 0 spiro atoms. The third-order valence-electron chi connectivity index (χ3n) is 6.29. The first-order valence-electron chi connectivity index (χ1n) is 11.8. The number of carbonyl (C=O) groups excluding carboxylic acids is 2. The monoisotopic (exact) mass is 564 g/mol. The quantitative estimate of drug-likeness (QED) is 0.217. The highest BCUT2D eigenvalue weighted by Crippen LogP contribution is 2.40. The lowest BCUT2D eigenvalue weighted by Gasteiger charge is -2.23. The number of H-pyrrole nitrogens is 1. The number of para-hydroxylation sites is 2. The first kappa shape index (κ1) is 26.1. The van der Waals surface area contributed by atoms with Gasteiger partial charge in [0.2, 0.25) is 5.91 Å². The maximum atomic E-state index is 13.1. The second-order valence-corrected chi connectivity index (χ2v) is 9.46. The molecule has 4 rings (SSSR count). The largest absolute Gasteiger partial charge is 0.493 e. The summed E-state index contributed by atoms with van der Waals surface area (Å²) in [6, 6.07) is 19.8. The fraction of sp³-hybridized carbons (Fsp3) is 0.214. The van der Waals surface area contributed by atoms with Crippen LogP contribution < -0.4 is 25.8 Å². The van der Waals surface area contributed by atoms with Gasteiger partial charge in [-0.25, -0.2) is 4.79 Å². The van der Waals surface area contributed by atoms with Crippen LogP contribution in [0.15, 0.2) is 77.4 Å². The van der Waals surface area contributed by atoms with E-state index in [1.165, 1.54) is 0 Å². The maximum absolute atomic E-state index is 13.1. The molecule has 8 nitrogen and oxygen atoms in total. The van der Waals surface area contributed by atoms with Crippen molar-refractivity contribution in [1.29, 1.82) is 0 Å². The van der Waals surface area contributed by atoms with E-state index in [0.29, 0.717) is 18.0 Å². The summed E-state index contributed by atoms with van der Waals surface area (Å²) in [5, 5.41) is 6.78. The highest BCUT2D eigenvalue weighted by atomic mass is 79.9. The molecule has 0 saturated heterocycles. The number of halogens is 1. The zero-order chi connectivity index (χ0) is 26.4. The molecule has 9 heteroatoms. The Hall–Kier alpha value is -3.98. The van der Waals surface area contributed by atoms with E-state index in [0.717, 1.165) is 32.1 Å². The van der Waals surface area contributed by atoms with Crippen LogP contribution in [0.25, 0.3) is 10.9 Å². The summed E-state index contributed by atoms with van der Waals surface area (Å²) in [5.74, 6) is 0.753. The third kappa shape index (κ3) is 6.06. The summed E-state index contributed by atoms with van der Waals surface area (Å²) in [6.07, 6.45) is 1.99. The highest BCUT2D eigenvalue weighted by Gasteiger charge is 2.25. The van der Waals surface area contributed by atoms with E-state index in [1.807, 2.05) is 72.9 Å². The smallest absolute Gasteiger partial charge is 0.312 e. The number of urea groups is 1. The number of carbonyl (C=O) groups is 2. The van der Waals surface area contributed by atoms with E-state index in [1.54, 1.807) is 14.2 Å². The molecule has 0 unspecified atom stereocenters. The van der Waals surface area contributed by atoms with Crippen LogP contribution in [-0.2, 0) is 4.79 Å². The summed E-state index contributed by atoms with van der Waals surface area (Å²) in [7, 11) is 3.20. The summed E-state index contributed by atoms with van der Waals surface area (Å²) in [4.78, 5) is 28.1. The molecule has 5 N–H and O–H groups in total. The number of fused-ring (bicyclic) bond motifs is 1. The van der Waals surface area contributed by atoms with E-state index in [9.17, 15) is 9.59 Å². The Morgan fingerprint density at radius 2 is 1.73 bits per heavy atom. The van der Waals surface area contributed by atoms with Gasteiger partial charge in [-0.2, -0.15) is 0 Å². The minimum Gasteiger partial charge on any atom is -0.493 e. The molecule has 0 aliphatic heterocycles. The summed E-state index contributed by atoms with van der Waals surface area (Å²) >= 11 is 3.40. The summed E-state index contributed by atoms with van der Waals surface area (Å²) < 4.78 is 12.2. The van der Waals surface area contributed by atoms with Crippen molar-refractivity contribution >= 4 is 38.8 Å². The normalized spacial score (nSPS) is 12.5. The topological polar surface area (TPSA) is 118 Å². The predicted octanol–water partition coefficient (Wildman–Crippen LogP) is 5.00. The fourth-order valence-electron chi connectivity index (χ4n) is 4.55. The summed E-state index contributed by atoms with van der Waals surface area (Å²) in [5.41, 5.74) is 9.06. The zero-order valence-electron chi connectivity index (χ0n) is 20.6. The molecule has 1 heterocycles. The molecule has 3 aromatic carbocycles. The predicted molar refractivity (Wildman–Crippen MR) is 147 cm³/mol. The van der Waals surface area contributed by atoms with Gasteiger partial charge in [0.05, 0.1) is 26.7 Å². The molecule has 0 saturated carbocycles. The van der Waals surface area contributed by atoms with Crippen LogP contribution in [0.4, 0.5) is 4.79 Å². The number of amides is 3. The van der Waals surface area contributed by atoms with Gasteiger partial charge in [0.1, 0.15) is 0 Å². The molecule has 0 fully saturated rings. The van der Waals surface area contributed by atoms with Crippen molar-refractivity contribution < 1.29 is 19.1 Å². The van der Waals surface area contributed by atoms with E-state index >= 15 is 0 Å². The van der Waals surface area contributed by atoms with Crippen LogP contribution in [0.1, 0.15) is 35.1 Å². The number of hydrogen-bond donors (Lipinski definition) is 4. The van der Waals surface area contributed by atoms with Gasteiger partial charge in [0.15, 0.2) is 11.5 Å². The van der Waals surface area contributed by atoms with Crippen LogP contribution in [0.2, 0.25) is 0 Å². The number of primary amides is 1. The van der Waals surface area contributed by atoms with Gasteiger partial charge in [-0.15, -0.1) is 0 Å². The van der Waals surface area contributed by atoms with Crippen LogP contribution >= 0.6 is 15.9 Å². The number of rotatable bonds is 10. The van der Waals surface area contributed by atoms with E-state index in [2.05, 4.69) is 31.5 Å². The molecule has 0 radical (unpaired) electrons. The van der Waals surface area contributed by atoms with Crippen molar-refractivity contribution in [3.63, 3.8) is 0 Å². The SMILES string of the molecule is COc1cccc([C@H](CNC(=O)C[C@H](NC(N)=O)c2ccc(Br)cc2)c2c[nH]c3ccccc23)c1OC. The minimum atomic E-state index is -0.696. The number of nitrogens with two attached hydrogens (primary N) is 1.